The Bertz CT molecular complexity index is 654. The third-order valence-electron chi connectivity index (χ3n) is 3.99. The fourth-order valence-electron chi connectivity index (χ4n) is 2.85. The molecular formula is C17H21N3O. The Hall–Kier alpha value is -2.10. The van der Waals surface area contributed by atoms with E-state index in [2.05, 4.69) is 35.4 Å². The Morgan fingerprint density at radius 3 is 3.05 bits per heavy atom. The van der Waals surface area contributed by atoms with Crippen LogP contribution in [0.4, 0.5) is 5.69 Å². The first-order valence-electron chi connectivity index (χ1n) is 7.61. The van der Waals surface area contributed by atoms with Crippen LogP contribution in [0.1, 0.15) is 24.8 Å². The molecular weight excluding hydrogens is 262 g/mol. The lowest BCUT2D eigenvalue weighted by Crippen LogP contribution is -2.26. The van der Waals surface area contributed by atoms with Crippen LogP contribution in [0.2, 0.25) is 0 Å². The maximum absolute atomic E-state index is 11.5. The van der Waals surface area contributed by atoms with E-state index in [0.717, 1.165) is 55.5 Å². The van der Waals surface area contributed by atoms with Crippen molar-refractivity contribution in [3.05, 3.63) is 36.0 Å². The van der Waals surface area contributed by atoms with Gasteiger partial charge in [-0.25, -0.2) is 0 Å². The number of pyridine rings is 1. The molecule has 0 atom stereocenters. The summed E-state index contributed by atoms with van der Waals surface area (Å²) in [7, 11) is 0. The highest BCUT2D eigenvalue weighted by Crippen LogP contribution is 2.22. The average molecular weight is 283 g/mol. The first kappa shape index (κ1) is 13.9. The number of likely N-dealkylation sites (tertiary alicyclic amines) is 1. The summed E-state index contributed by atoms with van der Waals surface area (Å²) in [5.74, 6) is 0.306. The normalized spacial score (nSPS) is 14.9. The Labute approximate surface area is 125 Å². The predicted molar refractivity (Wildman–Crippen MR) is 85.4 cm³/mol. The lowest BCUT2D eigenvalue weighted by molar-refractivity contribution is -0.127. The van der Waals surface area contributed by atoms with Gasteiger partial charge >= 0.3 is 0 Å². The van der Waals surface area contributed by atoms with Gasteiger partial charge < -0.3 is 10.2 Å². The molecule has 1 aliphatic rings. The van der Waals surface area contributed by atoms with Crippen molar-refractivity contribution in [2.24, 2.45) is 0 Å². The molecule has 0 saturated carbocycles. The van der Waals surface area contributed by atoms with Crippen molar-refractivity contribution in [1.82, 2.24) is 9.88 Å². The molecule has 3 rings (SSSR count). The monoisotopic (exact) mass is 283 g/mol. The van der Waals surface area contributed by atoms with Gasteiger partial charge in [0.05, 0.1) is 5.52 Å². The van der Waals surface area contributed by atoms with E-state index in [-0.39, 0.29) is 0 Å². The van der Waals surface area contributed by atoms with Gasteiger partial charge in [-0.05, 0) is 38.0 Å². The molecule has 4 nitrogen and oxygen atoms in total. The molecule has 0 aliphatic carbocycles. The van der Waals surface area contributed by atoms with Gasteiger partial charge in [-0.1, -0.05) is 11.6 Å². The van der Waals surface area contributed by atoms with Gasteiger partial charge in [0.25, 0.3) is 0 Å². The molecule has 2 aromatic rings. The Morgan fingerprint density at radius 1 is 1.33 bits per heavy atom. The molecule has 1 aromatic carbocycles. The van der Waals surface area contributed by atoms with E-state index in [1.165, 1.54) is 5.56 Å². The van der Waals surface area contributed by atoms with Crippen LogP contribution in [-0.4, -0.2) is 35.4 Å². The molecule has 21 heavy (non-hydrogen) atoms. The van der Waals surface area contributed by atoms with Crippen LogP contribution in [0.5, 0.6) is 0 Å². The number of amides is 1. The quantitative estimate of drug-likeness (QED) is 0.858. The van der Waals surface area contributed by atoms with Gasteiger partial charge in [0, 0.05) is 43.3 Å². The third-order valence-corrected chi connectivity index (χ3v) is 3.99. The van der Waals surface area contributed by atoms with E-state index >= 15 is 0 Å². The van der Waals surface area contributed by atoms with Crippen LogP contribution >= 0.6 is 0 Å². The van der Waals surface area contributed by atoms with Crippen molar-refractivity contribution in [3.63, 3.8) is 0 Å². The second-order valence-electron chi connectivity index (χ2n) is 5.64. The number of aryl methyl sites for hydroxylation is 1. The zero-order chi connectivity index (χ0) is 14.7. The molecule has 2 heterocycles. The van der Waals surface area contributed by atoms with Crippen molar-refractivity contribution in [1.29, 1.82) is 0 Å². The fourth-order valence-corrected chi connectivity index (χ4v) is 2.85. The molecule has 1 aromatic heterocycles. The minimum atomic E-state index is 0.306. The topological polar surface area (TPSA) is 45.2 Å². The summed E-state index contributed by atoms with van der Waals surface area (Å²) < 4.78 is 0. The number of nitrogens with one attached hydrogen (secondary N) is 1. The van der Waals surface area contributed by atoms with Gasteiger partial charge in [0.15, 0.2) is 0 Å². The van der Waals surface area contributed by atoms with Crippen LogP contribution in [0, 0.1) is 6.92 Å². The van der Waals surface area contributed by atoms with E-state index in [4.69, 9.17) is 0 Å². The zero-order valence-corrected chi connectivity index (χ0v) is 12.4. The SMILES string of the molecule is Cc1ccc2nccc(NCCCN3CCCC3=O)c2c1. The highest BCUT2D eigenvalue weighted by molar-refractivity contribution is 5.91. The number of hydrogen-bond acceptors (Lipinski definition) is 3. The van der Waals surface area contributed by atoms with E-state index in [0.29, 0.717) is 5.91 Å². The van der Waals surface area contributed by atoms with Crippen molar-refractivity contribution in [2.75, 3.05) is 25.0 Å². The Kier molecular flexibility index (Phi) is 4.04. The second kappa shape index (κ2) is 6.12. The third kappa shape index (κ3) is 3.15. The first-order valence-corrected chi connectivity index (χ1v) is 7.61. The van der Waals surface area contributed by atoms with E-state index in [1.54, 1.807) is 0 Å². The smallest absolute Gasteiger partial charge is 0.222 e. The van der Waals surface area contributed by atoms with Gasteiger partial charge in [-0.2, -0.15) is 0 Å². The summed E-state index contributed by atoms with van der Waals surface area (Å²) in [5, 5.41) is 4.64. The number of nitrogens with zero attached hydrogens (tertiary/aromatic N) is 2. The summed E-state index contributed by atoms with van der Waals surface area (Å²) in [5.41, 5.74) is 3.37. The maximum atomic E-state index is 11.5. The molecule has 1 saturated heterocycles. The van der Waals surface area contributed by atoms with E-state index in [9.17, 15) is 4.79 Å². The number of anilines is 1. The van der Waals surface area contributed by atoms with Gasteiger partial charge in [0.1, 0.15) is 0 Å². The van der Waals surface area contributed by atoms with Gasteiger partial charge in [0.2, 0.25) is 5.91 Å². The highest BCUT2D eigenvalue weighted by atomic mass is 16.2. The Morgan fingerprint density at radius 2 is 2.24 bits per heavy atom. The number of carbonyl (C=O) groups excluding carboxylic acids is 1. The van der Waals surface area contributed by atoms with Crippen molar-refractivity contribution < 1.29 is 4.79 Å². The number of hydrogen-bond donors (Lipinski definition) is 1. The zero-order valence-electron chi connectivity index (χ0n) is 12.4. The summed E-state index contributed by atoms with van der Waals surface area (Å²) in [6.07, 6.45) is 4.55. The van der Waals surface area contributed by atoms with Crippen LogP contribution < -0.4 is 5.32 Å². The van der Waals surface area contributed by atoms with Crippen molar-refractivity contribution >= 4 is 22.5 Å². The minimum Gasteiger partial charge on any atom is -0.384 e. The molecule has 1 N–H and O–H groups in total. The van der Waals surface area contributed by atoms with Gasteiger partial charge in [-0.3, -0.25) is 9.78 Å². The lowest BCUT2D eigenvalue weighted by atomic mass is 10.1. The standard InChI is InChI=1S/C17H21N3O/c1-13-5-6-15-14(12-13)16(7-9-19-15)18-8-3-11-20-10-2-4-17(20)21/h5-7,9,12H,2-4,8,10-11H2,1H3,(H,18,19). The van der Waals surface area contributed by atoms with Crippen LogP contribution in [0.3, 0.4) is 0 Å². The summed E-state index contributed by atoms with van der Waals surface area (Å²) in [6, 6.07) is 8.31. The molecule has 0 unspecified atom stereocenters. The van der Waals surface area contributed by atoms with Crippen molar-refractivity contribution in [2.45, 2.75) is 26.2 Å². The number of aromatic nitrogens is 1. The number of fused-ring (bicyclic) bond motifs is 1. The van der Waals surface area contributed by atoms with Crippen LogP contribution in [0.15, 0.2) is 30.5 Å². The summed E-state index contributed by atoms with van der Waals surface area (Å²) in [4.78, 5) is 17.9. The molecule has 4 heteroatoms. The molecule has 1 amide bonds. The lowest BCUT2D eigenvalue weighted by Gasteiger charge is -2.16. The predicted octanol–water partition coefficient (Wildman–Crippen LogP) is 2.97. The van der Waals surface area contributed by atoms with Gasteiger partial charge in [-0.15, -0.1) is 0 Å². The summed E-state index contributed by atoms with van der Waals surface area (Å²) in [6.45, 7) is 4.75. The molecule has 0 bridgehead atoms. The maximum Gasteiger partial charge on any atom is 0.222 e. The van der Waals surface area contributed by atoms with Crippen LogP contribution in [-0.2, 0) is 4.79 Å². The van der Waals surface area contributed by atoms with Crippen LogP contribution in [0.25, 0.3) is 10.9 Å². The van der Waals surface area contributed by atoms with E-state index < -0.39 is 0 Å². The van der Waals surface area contributed by atoms with E-state index in [1.807, 2.05) is 17.2 Å². The summed E-state index contributed by atoms with van der Waals surface area (Å²) >= 11 is 0. The average Bonchev–Trinajstić information content (AvgIpc) is 2.89. The molecule has 110 valence electrons. The number of rotatable bonds is 5. The minimum absolute atomic E-state index is 0.306. The molecule has 0 radical (unpaired) electrons. The molecule has 0 spiro atoms. The molecule has 1 aliphatic heterocycles. The molecule has 1 fully saturated rings. The number of benzene rings is 1. The fraction of sp³-hybridized carbons (Fsp3) is 0.412. The highest BCUT2D eigenvalue weighted by Gasteiger charge is 2.18. The second-order valence-corrected chi connectivity index (χ2v) is 5.64. The number of carbonyl (C=O) groups is 1. The first-order chi connectivity index (χ1) is 10.2. The largest absolute Gasteiger partial charge is 0.384 e. The van der Waals surface area contributed by atoms with Crippen molar-refractivity contribution in [3.8, 4) is 0 Å². The Balaban J connectivity index is 1.60.